The topological polar surface area (TPSA) is 792 Å². The minimum atomic E-state index is -3.01. The van der Waals surface area contributed by atoms with Crippen molar-refractivity contribution in [2.45, 2.75) is 319 Å². The third-order valence-electron chi connectivity index (χ3n) is 20.5. The number of aliphatic hydroxyl groups is 19. The van der Waals surface area contributed by atoms with Gasteiger partial charge in [-0.05, 0) is 19.6 Å². The Bertz CT molecular complexity index is 3340. The molecule has 7 fully saturated rings. The predicted molar refractivity (Wildman–Crippen MR) is 381 cm³/mol. The molecule has 21 unspecified atom stereocenters. The molecule has 0 spiro atoms. The van der Waals surface area contributed by atoms with Crippen molar-refractivity contribution in [3.63, 3.8) is 0 Å². The summed E-state index contributed by atoms with van der Waals surface area (Å²) >= 11 is 4.06. The lowest BCUT2D eigenvalue weighted by Gasteiger charge is -2.50. The Hall–Kier alpha value is -5.74. The summed E-state index contributed by atoms with van der Waals surface area (Å²) in [5.74, 6) is -15.7. The van der Waals surface area contributed by atoms with E-state index in [1.54, 1.807) is 0 Å². The van der Waals surface area contributed by atoms with E-state index in [1.165, 1.54) is 0 Å². The van der Waals surface area contributed by atoms with Crippen LogP contribution in [-0.2, 0) is 109 Å². The highest BCUT2D eigenvalue weighted by Gasteiger charge is 2.62. The summed E-state index contributed by atoms with van der Waals surface area (Å²) in [7, 11) is 0. The van der Waals surface area contributed by atoms with Crippen molar-refractivity contribution < 1.29 is 217 Å². The molecule has 0 bridgehead atoms. The van der Waals surface area contributed by atoms with Gasteiger partial charge in [0.2, 0.25) is 41.4 Å². The molecule has 7 amide bonds. The largest absolute Gasteiger partial charge is 0.477 e. The lowest BCUT2D eigenvalue weighted by molar-refractivity contribution is -0.378. The number of thiol groups is 1. The van der Waals surface area contributed by atoms with Crippen LogP contribution < -0.4 is 37.2 Å². The van der Waals surface area contributed by atoms with E-state index in [4.69, 9.17) is 66.3 Å². The Morgan fingerprint density at radius 1 is 0.437 bits per heavy atom. The first kappa shape index (κ1) is 100. The average Bonchev–Trinajstić information content (AvgIpc) is 0.770. The summed E-state index contributed by atoms with van der Waals surface area (Å²) in [6.07, 6.45) is -70.6. The van der Waals surface area contributed by atoms with Crippen LogP contribution in [0.1, 0.15) is 74.7 Å². The SMILES string of the molecule is CC(=O)NC1C(O[C@@H]2OC(COC(O)[C@H](O)C(O)CO[C@@]3(C(=O)O)CC(O)[C@H](NC(C)=O)C([C@@H](NC(C)=O)[C@H](C)O)O3)[C@H](O)C(O)C2O)[C@@H](O)C(CO)O[C@H]1OC1C(O)[C@H](OC2C(NC(C)=O)[C@H](NC(=O)CCS)OC(CO)[C@@H]2O)OC(CO[C@@H]2OC(CO[C@@]3(C(=O)O)CC(O)[C@H](NC(C)=O)C([C@@H](NC(C)=O)[C@H](C)O)O3)[C@@H](O)C(O)C2O)[C@@H]1O. The van der Waals surface area contributed by atoms with Crippen molar-refractivity contribution >= 4 is 65.9 Å². The number of carboxylic acid groups (broad SMARTS) is 2. The van der Waals surface area contributed by atoms with Gasteiger partial charge in [0.15, 0.2) is 37.7 Å². The molecule has 0 aromatic rings. The second kappa shape index (κ2) is 43.7. The van der Waals surface area contributed by atoms with E-state index in [-0.39, 0.29) is 12.2 Å². The van der Waals surface area contributed by atoms with E-state index >= 15 is 0 Å². The van der Waals surface area contributed by atoms with Crippen LogP contribution in [0.5, 0.6) is 0 Å². The zero-order valence-corrected chi connectivity index (χ0v) is 66.1. The molecule has 119 heavy (non-hydrogen) atoms. The second-order valence-electron chi connectivity index (χ2n) is 29.8. The first-order chi connectivity index (χ1) is 55.7. The van der Waals surface area contributed by atoms with Crippen LogP contribution in [0, 0.1) is 0 Å². The summed E-state index contributed by atoms with van der Waals surface area (Å²) in [5, 5.41) is 253. The number of aliphatic hydroxyl groups excluding tert-OH is 19. The van der Waals surface area contributed by atoms with Gasteiger partial charge in [-0.25, -0.2) is 9.59 Å². The van der Waals surface area contributed by atoms with Crippen molar-refractivity contribution in [2.24, 2.45) is 0 Å². The highest BCUT2D eigenvalue weighted by Crippen LogP contribution is 2.40. The number of amides is 7. The Morgan fingerprint density at radius 2 is 0.832 bits per heavy atom. The fourth-order valence-electron chi connectivity index (χ4n) is 14.5. The Balaban J connectivity index is 1.16. The third kappa shape index (κ3) is 24.7. The number of carbonyl (C=O) groups is 9. The Kier molecular flexibility index (Phi) is 36.9. The number of carbonyl (C=O) groups excluding carboxylic acids is 7. The van der Waals surface area contributed by atoms with Crippen LogP contribution in [0.2, 0.25) is 0 Å². The molecule has 28 N–H and O–H groups in total. The molecule has 7 aliphatic rings. The van der Waals surface area contributed by atoms with Crippen LogP contribution >= 0.6 is 12.6 Å². The average molecular weight is 1750 g/mol. The Morgan fingerprint density at radius 3 is 1.29 bits per heavy atom. The number of carboxylic acids is 2. The first-order valence-electron chi connectivity index (χ1n) is 37.6. The first-order valence-corrected chi connectivity index (χ1v) is 38.2. The molecule has 0 aromatic carbocycles. The van der Waals surface area contributed by atoms with Crippen LogP contribution in [0.25, 0.3) is 0 Å². The van der Waals surface area contributed by atoms with E-state index in [0.29, 0.717) is 0 Å². The highest BCUT2D eigenvalue weighted by molar-refractivity contribution is 7.80. The summed E-state index contributed by atoms with van der Waals surface area (Å²) in [4.78, 5) is 114. The number of aliphatic carboxylic acids is 2. The molecule has 7 heterocycles. The minimum Gasteiger partial charge on any atom is -0.477 e. The van der Waals surface area contributed by atoms with Crippen molar-refractivity contribution in [3.05, 3.63) is 0 Å². The molecule has 51 nitrogen and oxygen atoms in total. The number of rotatable bonds is 37. The zero-order valence-electron chi connectivity index (χ0n) is 65.2. The van der Waals surface area contributed by atoms with Crippen molar-refractivity contribution in [1.82, 2.24) is 37.2 Å². The van der Waals surface area contributed by atoms with Crippen LogP contribution in [0.4, 0.5) is 0 Å². The van der Waals surface area contributed by atoms with E-state index in [1.807, 2.05) is 0 Å². The highest BCUT2D eigenvalue weighted by atomic mass is 32.1. The predicted octanol–water partition coefficient (Wildman–Crippen LogP) is -16.4. The molecular formula is C67H111N7O44S. The lowest BCUT2D eigenvalue weighted by Crippen LogP contribution is -2.71. The fraction of sp³-hybridized carbons (Fsp3) is 0.866. The maximum Gasteiger partial charge on any atom is 0.364 e. The van der Waals surface area contributed by atoms with Gasteiger partial charge < -0.3 is 211 Å². The molecule has 7 saturated heterocycles. The van der Waals surface area contributed by atoms with Crippen molar-refractivity contribution in [2.75, 3.05) is 45.4 Å². The molecular weight excluding hydrogens is 1640 g/mol. The van der Waals surface area contributed by atoms with Gasteiger partial charge in [0.05, 0.1) is 88.2 Å². The molecule has 0 aromatic heterocycles. The number of ether oxygens (including phenoxy) is 14. The molecule has 0 aliphatic carbocycles. The van der Waals surface area contributed by atoms with Crippen molar-refractivity contribution in [3.8, 4) is 0 Å². The summed E-state index contributed by atoms with van der Waals surface area (Å²) in [6, 6.07) is -9.92. The fourth-order valence-corrected chi connectivity index (χ4v) is 14.7. The van der Waals surface area contributed by atoms with E-state index in [0.717, 1.165) is 55.4 Å². The summed E-state index contributed by atoms with van der Waals surface area (Å²) < 4.78 is 81.8. The number of hydrogen-bond acceptors (Lipinski definition) is 43. The van der Waals surface area contributed by atoms with Crippen molar-refractivity contribution in [1.29, 1.82) is 0 Å². The molecule has 684 valence electrons. The van der Waals surface area contributed by atoms with E-state index in [9.17, 15) is 150 Å². The molecule has 40 atom stereocenters. The molecule has 7 rings (SSSR count). The van der Waals surface area contributed by atoms with E-state index in [2.05, 4.69) is 49.8 Å². The van der Waals surface area contributed by atoms with Crippen LogP contribution in [0.15, 0.2) is 0 Å². The van der Waals surface area contributed by atoms with E-state index < -0.39 is 350 Å². The Labute approximate surface area is 682 Å². The molecule has 0 radical (unpaired) electrons. The van der Waals surface area contributed by atoms with Crippen LogP contribution in [0.3, 0.4) is 0 Å². The quantitative estimate of drug-likeness (QED) is 0.0203. The second-order valence-corrected chi connectivity index (χ2v) is 30.2. The standard InChI is InChI=1S/C67H111N7O44S/c1-19(77)36(68-21(3)79)53-38(70-23(5)81)27(85)11-66(117-53,64(101)102)107-15-29(87)42(89)59(100)105-16-32-43(90)49(96)51(98)62(112-32)115-56-41(73-26(8)84)60(110-31(14-76)46(56)93)116-57-47(94)33(113-63(52(57)99)114-55-40(72-25(7)83)58(74-35(88)9-10-119)109-30(13-75)45(55)92)17-106-61-50(97)48(95)44(91)34(111-61)18-108-67(65(103)104)12-28(86)39(71-24(6)82)54(118-67)37(20(2)78)69-22(4)80/h19-20,27-34,36-63,75-78,85-87,89-100,119H,9-18H2,1-8H3,(H,68,79)(H,69,80)(H,70,81)(H,71,82)(H,72,83)(H,73,84)(H,74,88)(H,101,102)(H,103,104)/t19-,20-,27?,28?,29?,30?,31?,32?,33?,34?,36-,37-,38-,39-,40?,41?,42+,43-,44+,45-,46-,47-,48?,49?,50?,51?,52?,53?,54?,55?,56?,57?,58+,59?,60-,61+,62-,63-,66-,67-/m0/s1. The minimum absolute atomic E-state index is 0.0328. The maximum absolute atomic E-state index is 13.3. The number of hydrogen-bond donors (Lipinski definition) is 29. The van der Waals surface area contributed by atoms with Gasteiger partial charge in [0.1, 0.15) is 146 Å². The van der Waals surface area contributed by atoms with Gasteiger partial charge >= 0.3 is 11.9 Å². The third-order valence-corrected chi connectivity index (χ3v) is 20.7. The molecule has 7 aliphatic heterocycles. The smallest absolute Gasteiger partial charge is 0.364 e. The van der Waals surface area contributed by atoms with Gasteiger partial charge in [-0.1, -0.05) is 0 Å². The summed E-state index contributed by atoms with van der Waals surface area (Å²) in [5.41, 5.74) is 0. The number of nitrogens with one attached hydrogen (secondary N) is 7. The monoisotopic (exact) mass is 1750 g/mol. The molecule has 0 saturated carbocycles. The maximum atomic E-state index is 13.3. The normalized spacial score (nSPS) is 40.6. The van der Waals surface area contributed by atoms with Crippen LogP contribution in [-0.4, -0.2) is 450 Å². The zero-order chi connectivity index (χ0) is 89.1. The van der Waals surface area contributed by atoms with Gasteiger partial charge in [-0.15, -0.1) is 0 Å². The van der Waals surface area contributed by atoms with Gasteiger partial charge in [0.25, 0.3) is 11.6 Å². The van der Waals surface area contributed by atoms with Gasteiger partial charge in [-0.2, -0.15) is 12.6 Å². The van der Waals surface area contributed by atoms with Gasteiger partial charge in [0, 0.05) is 60.8 Å². The summed E-state index contributed by atoms with van der Waals surface area (Å²) in [6.45, 7) is 1.26. The lowest BCUT2D eigenvalue weighted by atomic mass is 9.87. The van der Waals surface area contributed by atoms with Gasteiger partial charge in [-0.3, -0.25) is 33.6 Å². The molecule has 52 heteroatoms.